The maximum Gasteiger partial charge on any atom is 0.314 e. The van der Waals surface area contributed by atoms with Crippen LogP contribution in [-0.2, 0) is 14.3 Å². The number of hydrazone groups is 1. The molecule has 0 saturated carbocycles. The van der Waals surface area contributed by atoms with Gasteiger partial charge in [-0.05, 0) is 45.0 Å². The van der Waals surface area contributed by atoms with Crippen LogP contribution in [0.5, 0.6) is 5.75 Å². The average molecular weight is 321 g/mol. The first-order valence-electron chi connectivity index (χ1n) is 7.35. The lowest BCUT2D eigenvalue weighted by Gasteiger charge is -2.10. The third-order valence-corrected chi connectivity index (χ3v) is 3.17. The first-order chi connectivity index (χ1) is 11.0. The van der Waals surface area contributed by atoms with Crippen molar-refractivity contribution in [1.82, 2.24) is 5.43 Å². The zero-order valence-electron chi connectivity index (χ0n) is 13.9. The third kappa shape index (κ3) is 6.37. The van der Waals surface area contributed by atoms with Gasteiger partial charge >= 0.3 is 5.97 Å². The highest BCUT2D eigenvalue weighted by atomic mass is 16.5. The van der Waals surface area contributed by atoms with Gasteiger partial charge in [-0.3, -0.25) is 9.59 Å². The van der Waals surface area contributed by atoms with Crippen LogP contribution in [0.2, 0.25) is 0 Å². The Bertz CT molecular complexity index is 555. The van der Waals surface area contributed by atoms with Gasteiger partial charge in [0.05, 0.1) is 26.2 Å². The SMILES string of the molecule is CCOC(=O)[C@H](C)/C(C)=N/NC(=O)CNc1ccc(OC)cc1. The molecule has 2 N–H and O–H groups in total. The Morgan fingerprint density at radius 3 is 2.48 bits per heavy atom. The first kappa shape index (κ1) is 18.5. The second kappa shape index (κ2) is 9.45. The van der Waals surface area contributed by atoms with Crippen LogP contribution in [0.4, 0.5) is 5.69 Å². The van der Waals surface area contributed by atoms with E-state index in [9.17, 15) is 9.59 Å². The van der Waals surface area contributed by atoms with Gasteiger partial charge in [-0.15, -0.1) is 0 Å². The van der Waals surface area contributed by atoms with E-state index in [4.69, 9.17) is 9.47 Å². The van der Waals surface area contributed by atoms with Crippen LogP contribution in [-0.4, -0.2) is 37.8 Å². The standard InChI is InChI=1S/C16H23N3O4/c1-5-23-16(21)11(2)12(3)18-19-15(20)10-17-13-6-8-14(22-4)9-7-13/h6-9,11,17H,5,10H2,1-4H3,(H,19,20)/b18-12+/t11-/m1/s1. The summed E-state index contributed by atoms with van der Waals surface area (Å²) in [4.78, 5) is 23.3. The number of methoxy groups -OCH3 is 1. The highest BCUT2D eigenvalue weighted by molar-refractivity contribution is 6.00. The quantitative estimate of drug-likeness (QED) is 0.433. The lowest BCUT2D eigenvalue weighted by atomic mass is 10.1. The number of hydrogen-bond donors (Lipinski definition) is 2. The van der Waals surface area contributed by atoms with Gasteiger partial charge in [-0.2, -0.15) is 5.10 Å². The Morgan fingerprint density at radius 1 is 1.26 bits per heavy atom. The molecule has 126 valence electrons. The van der Waals surface area contributed by atoms with Crippen molar-refractivity contribution in [2.24, 2.45) is 11.0 Å². The number of nitrogens with one attached hydrogen (secondary N) is 2. The van der Waals surface area contributed by atoms with Gasteiger partial charge in [0.25, 0.3) is 5.91 Å². The summed E-state index contributed by atoms with van der Waals surface area (Å²) in [5, 5.41) is 6.89. The molecule has 7 nitrogen and oxygen atoms in total. The van der Waals surface area contributed by atoms with Gasteiger partial charge in [-0.1, -0.05) is 0 Å². The summed E-state index contributed by atoms with van der Waals surface area (Å²) in [5.41, 5.74) is 3.69. The Kier molecular flexibility index (Phi) is 7.59. The highest BCUT2D eigenvalue weighted by Crippen LogP contribution is 2.14. The van der Waals surface area contributed by atoms with Crippen LogP contribution in [0.1, 0.15) is 20.8 Å². The van der Waals surface area contributed by atoms with E-state index in [-0.39, 0.29) is 18.4 Å². The summed E-state index contributed by atoms with van der Waals surface area (Å²) in [6.45, 7) is 5.46. The van der Waals surface area contributed by atoms with E-state index >= 15 is 0 Å². The van der Waals surface area contributed by atoms with E-state index in [0.29, 0.717) is 12.3 Å². The maximum absolute atomic E-state index is 11.7. The molecule has 0 radical (unpaired) electrons. The van der Waals surface area contributed by atoms with Crippen LogP contribution in [0.25, 0.3) is 0 Å². The van der Waals surface area contributed by atoms with Crippen LogP contribution >= 0.6 is 0 Å². The Morgan fingerprint density at radius 2 is 1.91 bits per heavy atom. The molecule has 0 saturated heterocycles. The smallest absolute Gasteiger partial charge is 0.314 e. The average Bonchev–Trinajstić information content (AvgIpc) is 2.57. The molecule has 0 spiro atoms. The first-order valence-corrected chi connectivity index (χ1v) is 7.35. The predicted octanol–water partition coefficient (Wildman–Crippen LogP) is 1.80. The van der Waals surface area contributed by atoms with Gasteiger partial charge in [0.15, 0.2) is 0 Å². The lowest BCUT2D eigenvalue weighted by Crippen LogP contribution is -2.29. The molecule has 0 aromatic heterocycles. The summed E-state index contributed by atoms with van der Waals surface area (Å²) >= 11 is 0. The van der Waals surface area contributed by atoms with Crippen molar-refractivity contribution < 1.29 is 19.1 Å². The van der Waals surface area contributed by atoms with Crippen LogP contribution < -0.4 is 15.5 Å². The van der Waals surface area contributed by atoms with Crippen LogP contribution in [0, 0.1) is 5.92 Å². The van der Waals surface area contributed by atoms with E-state index in [1.807, 2.05) is 12.1 Å². The normalized spacial score (nSPS) is 12.3. The van der Waals surface area contributed by atoms with Crippen molar-refractivity contribution in [1.29, 1.82) is 0 Å². The second-order valence-corrected chi connectivity index (χ2v) is 4.84. The predicted molar refractivity (Wildman–Crippen MR) is 88.5 cm³/mol. The molecule has 0 unspecified atom stereocenters. The van der Waals surface area contributed by atoms with Gasteiger partial charge < -0.3 is 14.8 Å². The molecular weight excluding hydrogens is 298 g/mol. The lowest BCUT2D eigenvalue weighted by molar-refractivity contribution is -0.145. The summed E-state index contributed by atoms with van der Waals surface area (Å²) in [6, 6.07) is 7.21. The van der Waals surface area contributed by atoms with Gasteiger partial charge in [0, 0.05) is 11.4 Å². The van der Waals surface area contributed by atoms with E-state index in [1.54, 1.807) is 40.0 Å². The summed E-state index contributed by atoms with van der Waals surface area (Å²) < 4.78 is 9.96. The minimum atomic E-state index is -0.496. The topological polar surface area (TPSA) is 89.0 Å². The van der Waals surface area contributed by atoms with Crippen LogP contribution in [0.15, 0.2) is 29.4 Å². The molecule has 0 aliphatic heterocycles. The van der Waals surface area contributed by atoms with E-state index in [0.717, 1.165) is 11.4 Å². The zero-order valence-corrected chi connectivity index (χ0v) is 13.9. The number of carbonyl (C=O) groups excluding carboxylic acids is 2. The number of esters is 1. The summed E-state index contributed by atoms with van der Waals surface area (Å²) in [6.07, 6.45) is 0. The number of nitrogens with zero attached hydrogens (tertiary/aromatic N) is 1. The van der Waals surface area contributed by atoms with E-state index in [1.165, 1.54) is 0 Å². The minimum absolute atomic E-state index is 0.0664. The fraction of sp³-hybridized carbons (Fsp3) is 0.438. The molecule has 1 aromatic rings. The molecule has 1 aromatic carbocycles. The minimum Gasteiger partial charge on any atom is -0.497 e. The number of rotatable bonds is 8. The zero-order chi connectivity index (χ0) is 17.2. The maximum atomic E-state index is 11.7. The molecule has 1 rings (SSSR count). The molecule has 1 atom stereocenters. The fourth-order valence-corrected chi connectivity index (χ4v) is 1.62. The number of carbonyl (C=O) groups is 2. The number of hydrogen-bond acceptors (Lipinski definition) is 6. The number of amides is 1. The Balaban J connectivity index is 2.43. The third-order valence-electron chi connectivity index (χ3n) is 3.17. The molecule has 23 heavy (non-hydrogen) atoms. The Labute approximate surface area is 136 Å². The van der Waals surface area contributed by atoms with Crippen molar-refractivity contribution in [2.45, 2.75) is 20.8 Å². The summed E-state index contributed by atoms with van der Waals surface area (Å²) in [5.74, 6) is -0.423. The highest BCUT2D eigenvalue weighted by Gasteiger charge is 2.17. The van der Waals surface area contributed by atoms with E-state index in [2.05, 4.69) is 15.8 Å². The van der Waals surface area contributed by atoms with Crippen molar-refractivity contribution in [3.8, 4) is 5.75 Å². The van der Waals surface area contributed by atoms with Crippen molar-refractivity contribution in [3.63, 3.8) is 0 Å². The molecule has 0 fully saturated rings. The fourth-order valence-electron chi connectivity index (χ4n) is 1.62. The molecule has 0 bridgehead atoms. The van der Waals surface area contributed by atoms with Crippen molar-refractivity contribution in [3.05, 3.63) is 24.3 Å². The monoisotopic (exact) mass is 321 g/mol. The van der Waals surface area contributed by atoms with Gasteiger partial charge in [-0.25, -0.2) is 5.43 Å². The van der Waals surface area contributed by atoms with Crippen molar-refractivity contribution >= 4 is 23.3 Å². The molecule has 0 aliphatic carbocycles. The van der Waals surface area contributed by atoms with Gasteiger partial charge in [0.2, 0.25) is 0 Å². The molecule has 7 heteroatoms. The molecule has 1 amide bonds. The summed E-state index contributed by atoms with van der Waals surface area (Å²) in [7, 11) is 1.59. The molecule has 0 aliphatic rings. The van der Waals surface area contributed by atoms with E-state index < -0.39 is 5.92 Å². The number of benzene rings is 1. The van der Waals surface area contributed by atoms with Crippen LogP contribution in [0.3, 0.4) is 0 Å². The molecular formula is C16H23N3O4. The second-order valence-electron chi connectivity index (χ2n) is 4.84. The Hall–Kier alpha value is -2.57. The van der Waals surface area contributed by atoms with Gasteiger partial charge in [0.1, 0.15) is 5.75 Å². The van der Waals surface area contributed by atoms with Crippen molar-refractivity contribution in [2.75, 3.05) is 25.6 Å². The largest absolute Gasteiger partial charge is 0.497 e. The number of ether oxygens (including phenoxy) is 2. The number of anilines is 1. The molecule has 0 heterocycles.